The number of carbonyl (C=O) groups is 2. The third-order valence-corrected chi connectivity index (χ3v) is 3.07. The fourth-order valence-electron chi connectivity index (χ4n) is 1.21. The summed E-state index contributed by atoms with van der Waals surface area (Å²) in [5, 5.41) is -0.0845. The van der Waals surface area contributed by atoms with Crippen molar-refractivity contribution >= 4 is 23.5 Å². The molecule has 1 rings (SSSR count). The summed E-state index contributed by atoms with van der Waals surface area (Å²) in [6.45, 7) is 2.29. The maximum absolute atomic E-state index is 11.3. The van der Waals surface area contributed by atoms with Crippen LogP contribution in [0, 0.1) is 0 Å². The summed E-state index contributed by atoms with van der Waals surface area (Å²) in [4.78, 5) is 24.0. The third-order valence-electron chi connectivity index (χ3n) is 1.91. The lowest BCUT2D eigenvalue weighted by atomic mass is 10.1. The van der Waals surface area contributed by atoms with Crippen molar-refractivity contribution in [2.24, 2.45) is 0 Å². The lowest BCUT2D eigenvalue weighted by Crippen LogP contribution is -2.44. The third kappa shape index (κ3) is 2.00. The Bertz CT molecular complexity index is 205. The zero-order chi connectivity index (χ0) is 9.14. The van der Waals surface area contributed by atoms with E-state index in [-0.39, 0.29) is 23.5 Å². The first-order valence-electron chi connectivity index (χ1n) is 4.03. The first-order valence-corrected chi connectivity index (χ1v) is 5.08. The van der Waals surface area contributed by atoms with Crippen LogP contribution in [-0.2, 0) is 9.59 Å². The van der Waals surface area contributed by atoms with Crippen LogP contribution in [0.4, 0.5) is 0 Å². The van der Waals surface area contributed by atoms with E-state index in [2.05, 4.69) is 0 Å². The lowest BCUT2D eigenvalue weighted by molar-refractivity contribution is -0.138. The molecule has 4 heteroatoms. The number of piperidine rings is 1. The summed E-state index contributed by atoms with van der Waals surface area (Å²) in [7, 11) is 1.67. The number of Topliss-reactive ketones (excluding diaryl/α,β-unsaturated/α-hetero) is 1. The maximum atomic E-state index is 11.3. The molecule has 0 N–H and O–H groups in total. The number of thioether (sulfide) groups is 1. The Kier molecular flexibility index (Phi) is 3.14. The van der Waals surface area contributed by atoms with E-state index in [4.69, 9.17) is 0 Å². The summed E-state index contributed by atoms with van der Waals surface area (Å²) in [6, 6.07) is 0. The van der Waals surface area contributed by atoms with E-state index in [1.165, 1.54) is 4.90 Å². The summed E-state index contributed by atoms with van der Waals surface area (Å²) >= 11 is 1.57. The highest BCUT2D eigenvalue weighted by Crippen LogP contribution is 2.20. The van der Waals surface area contributed by atoms with Gasteiger partial charge in [-0.25, -0.2) is 0 Å². The Hall–Kier alpha value is -0.510. The smallest absolute Gasteiger partial charge is 0.224 e. The molecule has 0 aromatic rings. The monoisotopic (exact) mass is 187 g/mol. The molecule has 0 aromatic heterocycles. The zero-order valence-electron chi connectivity index (χ0n) is 7.37. The second kappa shape index (κ2) is 3.94. The van der Waals surface area contributed by atoms with Gasteiger partial charge in [-0.15, -0.1) is 0 Å². The molecule has 1 atom stereocenters. The number of hydrogen-bond donors (Lipinski definition) is 0. The molecular formula is C8H13NO2S. The van der Waals surface area contributed by atoms with Gasteiger partial charge in [0.2, 0.25) is 5.91 Å². The number of rotatable bonds is 2. The van der Waals surface area contributed by atoms with Gasteiger partial charge in [-0.3, -0.25) is 9.59 Å². The molecule has 1 aliphatic rings. The quantitative estimate of drug-likeness (QED) is 0.633. The van der Waals surface area contributed by atoms with E-state index in [1.54, 1.807) is 18.8 Å². The molecule has 0 aliphatic carbocycles. The van der Waals surface area contributed by atoms with Crippen LogP contribution in [0.5, 0.6) is 0 Å². The second-order valence-corrected chi connectivity index (χ2v) is 4.34. The van der Waals surface area contributed by atoms with Crippen LogP contribution in [0.25, 0.3) is 0 Å². The van der Waals surface area contributed by atoms with Crippen LogP contribution in [0.15, 0.2) is 0 Å². The van der Waals surface area contributed by atoms with E-state index in [0.29, 0.717) is 6.42 Å². The Morgan fingerprint density at radius 1 is 1.58 bits per heavy atom. The number of amides is 1. The molecule has 1 unspecified atom stereocenters. The maximum Gasteiger partial charge on any atom is 0.224 e. The number of carbonyl (C=O) groups excluding carboxylic acids is 2. The lowest BCUT2D eigenvalue weighted by Gasteiger charge is -2.26. The fraction of sp³-hybridized carbons (Fsp3) is 0.750. The van der Waals surface area contributed by atoms with Crippen molar-refractivity contribution in [3.8, 4) is 0 Å². The first-order chi connectivity index (χ1) is 5.65. The van der Waals surface area contributed by atoms with Gasteiger partial charge in [-0.2, -0.15) is 11.8 Å². The highest BCUT2D eigenvalue weighted by Gasteiger charge is 2.30. The predicted molar refractivity (Wildman–Crippen MR) is 49.2 cm³/mol. The first kappa shape index (κ1) is 9.58. The van der Waals surface area contributed by atoms with Gasteiger partial charge in [0.05, 0.1) is 11.8 Å². The Balaban J connectivity index is 2.55. The molecule has 68 valence electrons. The van der Waals surface area contributed by atoms with Crippen LogP contribution in [-0.4, -0.2) is 41.2 Å². The van der Waals surface area contributed by atoms with E-state index in [9.17, 15) is 9.59 Å². The van der Waals surface area contributed by atoms with Gasteiger partial charge in [0.25, 0.3) is 0 Å². The minimum atomic E-state index is -0.0845. The van der Waals surface area contributed by atoms with Crippen LogP contribution < -0.4 is 0 Å². The van der Waals surface area contributed by atoms with Crippen molar-refractivity contribution in [1.29, 1.82) is 0 Å². The van der Waals surface area contributed by atoms with Gasteiger partial charge in [0, 0.05) is 13.5 Å². The minimum Gasteiger partial charge on any atom is -0.338 e. The molecule has 0 bridgehead atoms. The van der Waals surface area contributed by atoms with Gasteiger partial charge in [-0.05, 0) is 5.75 Å². The van der Waals surface area contributed by atoms with Crippen molar-refractivity contribution in [2.75, 3.05) is 19.3 Å². The number of ketones is 1. The Morgan fingerprint density at radius 2 is 2.25 bits per heavy atom. The zero-order valence-corrected chi connectivity index (χ0v) is 8.19. The van der Waals surface area contributed by atoms with Crippen molar-refractivity contribution in [3.63, 3.8) is 0 Å². The van der Waals surface area contributed by atoms with Crippen molar-refractivity contribution in [3.05, 3.63) is 0 Å². The van der Waals surface area contributed by atoms with E-state index in [1.807, 2.05) is 6.92 Å². The van der Waals surface area contributed by atoms with Crippen LogP contribution in [0.1, 0.15) is 13.3 Å². The van der Waals surface area contributed by atoms with Gasteiger partial charge in [0.1, 0.15) is 0 Å². The highest BCUT2D eigenvalue weighted by atomic mass is 32.2. The topological polar surface area (TPSA) is 37.4 Å². The molecule has 1 amide bonds. The standard InChI is InChI=1S/C8H13NO2S/c1-3-12-7-4-8(11)9(2)5-6(7)10/h7H,3-5H2,1-2H3. The average molecular weight is 187 g/mol. The molecule has 0 saturated carbocycles. The number of likely N-dealkylation sites (N-methyl/N-ethyl adjacent to an activating group) is 1. The van der Waals surface area contributed by atoms with E-state index >= 15 is 0 Å². The molecule has 1 fully saturated rings. The van der Waals surface area contributed by atoms with Gasteiger partial charge in [-0.1, -0.05) is 6.92 Å². The van der Waals surface area contributed by atoms with Crippen LogP contribution >= 0.6 is 11.8 Å². The van der Waals surface area contributed by atoms with E-state index < -0.39 is 0 Å². The SMILES string of the molecule is CCSC1CC(=O)N(C)CC1=O. The van der Waals surface area contributed by atoms with Crippen LogP contribution in [0.2, 0.25) is 0 Å². The number of hydrogen-bond acceptors (Lipinski definition) is 3. The van der Waals surface area contributed by atoms with Gasteiger partial charge >= 0.3 is 0 Å². The van der Waals surface area contributed by atoms with Gasteiger partial charge < -0.3 is 4.90 Å². The van der Waals surface area contributed by atoms with Gasteiger partial charge in [0.15, 0.2) is 5.78 Å². The molecule has 1 aliphatic heterocycles. The molecule has 3 nitrogen and oxygen atoms in total. The fourth-order valence-corrected chi connectivity index (χ4v) is 2.13. The summed E-state index contributed by atoms with van der Waals surface area (Å²) in [5.41, 5.74) is 0. The summed E-state index contributed by atoms with van der Waals surface area (Å²) in [6.07, 6.45) is 0.383. The summed E-state index contributed by atoms with van der Waals surface area (Å²) < 4.78 is 0. The molecule has 1 heterocycles. The normalized spacial score (nSPS) is 24.8. The molecular weight excluding hydrogens is 174 g/mol. The Morgan fingerprint density at radius 3 is 2.83 bits per heavy atom. The van der Waals surface area contributed by atoms with Crippen molar-refractivity contribution < 1.29 is 9.59 Å². The molecule has 12 heavy (non-hydrogen) atoms. The number of likely N-dealkylation sites (tertiary alicyclic amines) is 1. The largest absolute Gasteiger partial charge is 0.338 e. The minimum absolute atomic E-state index is 0.0838. The van der Waals surface area contributed by atoms with Crippen molar-refractivity contribution in [2.45, 2.75) is 18.6 Å². The second-order valence-electron chi connectivity index (χ2n) is 2.86. The predicted octanol–water partition coefficient (Wildman–Crippen LogP) is 0.539. The average Bonchev–Trinajstić information content (AvgIpc) is 2.01. The molecule has 0 radical (unpaired) electrons. The van der Waals surface area contributed by atoms with Crippen molar-refractivity contribution in [1.82, 2.24) is 4.90 Å². The molecule has 0 spiro atoms. The molecule has 1 saturated heterocycles. The molecule has 0 aromatic carbocycles. The summed E-state index contributed by atoms with van der Waals surface area (Å²) in [5.74, 6) is 1.16. The highest BCUT2D eigenvalue weighted by molar-refractivity contribution is 8.00. The van der Waals surface area contributed by atoms with Crippen LogP contribution in [0.3, 0.4) is 0 Å². The van der Waals surface area contributed by atoms with E-state index in [0.717, 1.165) is 5.75 Å². The Labute approximate surface area is 76.5 Å². The number of nitrogens with zero attached hydrogens (tertiary/aromatic N) is 1.